The highest BCUT2D eigenvalue weighted by atomic mass is 32.1. The van der Waals surface area contributed by atoms with Gasteiger partial charge in [0.1, 0.15) is 11.5 Å². The zero-order valence-corrected chi connectivity index (χ0v) is 14.6. The highest BCUT2D eigenvalue weighted by Gasteiger charge is 2.28. The van der Waals surface area contributed by atoms with Crippen LogP contribution >= 0.6 is 11.3 Å². The molecule has 2 aromatic rings. The van der Waals surface area contributed by atoms with Gasteiger partial charge in [-0.05, 0) is 32.1 Å². The van der Waals surface area contributed by atoms with E-state index in [9.17, 15) is 4.79 Å². The summed E-state index contributed by atoms with van der Waals surface area (Å²) in [6.07, 6.45) is 9.46. The average Bonchev–Trinajstić information content (AvgIpc) is 3.34. The molecule has 0 saturated carbocycles. The number of anilines is 1. The van der Waals surface area contributed by atoms with E-state index in [0.29, 0.717) is 11.6 Å². The van der Waals surface area contributed by atoms with Crippen molar-refractivity contribution >= 4 is 22.4 Å². The second kappa shape index (κ2) is 6.93. The van der Waals surface area contributed by atoms with Gasteiger partial charge in [-0.3, -0.25) is 4.79 Å². The van der Waals surface area contributed by atoms with Crippen LogP contribution in [-0.2, 0) is 0 Å². The molecule has 0 radical (unpaired) electrons. The van der Waals surface area contributed by atoms with E-state index >= 15 is 0 Å². The lowest BCUT2D eigenvalue weighted by Gasteiger charge is -2.31. The molecule has 2 aromatic heterocycles. The van der Waals surface area contributed by atoms with Crippen LogP contribution in [0, 0.1) is 0 Å². The average molecular weight is 345 g/mol. The predicted molar refractivity (Wildman–Crippen MR) is 94.6 cm³/mol. The van der Waals surface area contributed by atoms with E-state index < -0.39 is 0 Å². The minimum absolute atomic E-state index is 0.0609. The van der Waals surface area contributed by atoms with Crippen molar-refractivity contribution in [1.29, 1.82) is 0 Å². The number of carbonyl (C=O) groups excluding carboxylic acids is 1. The van der Waals surface area contributed by atoms with Crippen molar-refractivity contribution in [2.45, 2.75) is 38.0 Å². The van der Waals surface area contributed by atoms with E-state index in [2.05, 4.69) is 19.9 Å². The first-order valence-electron chi connectivity index (χ1n) is 8.80. The van der Waals surface area contributed by atoms with Crippen molar-refractivity contribution in [2.24, 2.45) is 0 Å². The maximum absolute atomic E-state index is 12.8. The largest absolute Gasteiger partial charge is 0.348 e. The van der Waals surface area contributed by atoms with Gasteiger partial charge in [0, 0.05) is 49.9 Å². The van der Waals surface area contributed by atoms with Crippen LogP contribution in [0.1, 0.15) is 54.3 Å². The summed E-state index contributed by atoms with van der Waals surface area (Å²) in [6.45, 7) is 3.66. The van der Waals surface area contributed by atoms with E-state index in [1.807, 2.05) is 16.5 Å². The molecule has 2 aliphatic rings. The molecule has 1 unspecified atom stereocenters. The Kier molecular flexibility index (Phi) is 4.51. The van der Waals surface area contributed by atoms with Crippen LogP contribution in [0.2, 0.25) is 0 Å². The van der Waals surface area contributed by atoms with Gasteiger partial charge in [0.05, 0.1) is 0 Å². The summed E-state index contributed by atoms with van der Waals surface area (Å²) in [6, 6.07) is 0. The Labute approximate surface area is 145 Å². The first-order chi connectivity index (χ1) is 11.8. The van der Waals surface area contributed by atoms with Gasteiger partial charge in [-0.15, -0.1) is 11.3 Å². The number of hydrogen-bond donors (Lipinski definition) is 1. The lowest BCUT2D eigenvalue weighted by Crippen LogP contribution is -2.39. The maximum atomic E-state index is 12.8. The number of aromatic nitrogens is 3. The second-order valence-corrected chi connectivity index (χ2v) is 7.46. The van der Waals surface area contributed by atoms with Gasteiger partial charge in [0.2, 0.25) is 0 Å². The van der Waals surface area contributed by atoms with E-state index in [0.717, 1.165) is 50.0 Å². The molecule has 0 aromatic carbocycles. The molecule has 0 spiro atoms. The number of nitrogens with zero attached hydrogens (tertiary/aromatic N) is 4. The smallest absolute Gasteiger partial charge is 0.273 e. The van der Waals surface area contributed by atoms with Crippen molar-refractivity contribution in [1.82, 2.24) is 19.9 Å². The molecule has 128 valence electrons. The minimum atomic E-state index is 0.0609. The fourth-order valence-electron chi connectivity index (χ4n) is 3.64. The molecule has 1 N–H and O–H groups in total. The van der Waals surface area contributed by atoms with Crippen molar-refractivity contribution in [3.63, 3.8) is 0 Å². The number of H-pyrrole nitrogens is 1. The number of thiazole rings is 1. The summed E-state index contributed by atoms with van der Waals surface area (Å²) < 4.78 is 0. The maximum Gasteiger partial charge on any atom is 0.273 e. The lowest BCUT2D eigenvalue weighted by atomic mass is 9.97. The Morgan fingerprint density at radius 1 is 1.21 bits per heavy atom. The normalized spacial score (nSPS) is 21.9. The van der Waals surface area contributed by atoms with Crippen LogP contribution in [0.25, 0.3) is 0 Å². The fourth-order valence-corrected chi connectivity index (χ4v) is 4.49. The van der Waals surface area contributed by atoms with Gasteiger partial charge < -0.3 is 14.8 Å². The first kappa shape index (κ1) is 15.6. The number of nitrogens with one attached hydrogen (secondary N) is 1. The van der Waals surface area contributed by atoms with Crippen LogP contribution < -0.4 is 4.90 Å². The molecule has 2 saturated heterocycles. The number of rotatable bonds is 3. The summed E-state index contributed by atoms with van der Waals surface area (Å²) in [7, 11) is 0. The molecule has 4 heterocycles. The third-order valence-electron chi connectivity index (χ3n) is 4.95. The number of piperidine rings is 2. The molecule has 6 nitrogen and oxygen atoms in total. The van der Waals surface area contributed by atoms with Gasteiger partial charge >= 0.3 is 0 Å². The molecule has 1 atom stereocenters. The molecule has 0 bridgehead atoms. The van der Waals surface area contributed by atoms with Crippen LogP contribution in [0.15, 0.2) is 17.8 Å². The second-order valence-electron chi connectivity index (χ2n) is 6.63. The summed E-state index contributed by atoms with van der Waals surface area (Å²) in [4.78, 5) is 29.2. The van der Waals surface area contributed by atoms with Crippen LogP contribution in [0.4, 0.5) is 5.13 Å². The number of aromatic amines is 1. The van der Waals surface area contributed by atoms with Crippen LogP contribution in [-0.4, -0.2) is 51.9 Å². The fraction of sp³-hybridized carbons (Fsp3) is 0.588. The third-order valence-corrected chi connectivity index (χ3v) is 5.85. The van der Waals surface area contributed by atoms with Crippen molar-refractivity contribution in [3.8, 4) is 0 Å². The summed E-state index contributed by atoms with van der Waals surface area (Å²) in [5, 5.41) is 2.92. The van der Waals surface area contributed by atoms with E-state index in [-0.39, 0.29) is 5.91 Å². The van der Waals surface area contributed by atoms with Crippen LogP contribution in [0.5, 0.6) is 0 Å². The summed E-state index contributed by atoms with van der Waals surface area (Å²) in [5.41, 5.74) is 0.598. The number of amides is 1. The van der Waals surface area contributed by atoms with Gasteiger partial charge in [-0.1, -0.05) is 0 Å². The lowest BCUT2D eigenvalue weighted by molar-refractivity contribution is 0.0699. The van der Waals surface area contributed by atoms with Gasteiger partial charge in [-0.25, -0.2) is 9.97 Å². The Hall–Kier alpha value is -1.89. The summed E-state index contributed by atoms with van der Waals surface area (Å²) in [5.74, 6) is 1.35. The monoisotopic (exact) mass is 345 g/mol. The Morgan fingerprint density at radius 2 is 2.08 bits per heavy atom. The zero-order valence-electron chi connectivity index (χ0n) is 13.8. The van der Waals surface area contributed by atoms with E-state index in [4.69, 9.17) is 0 Å². The van der Waals surface area contributed by atoms with E-state index in [1.165, 1.54) is 19.3 Å². The molecular weight excluding hydrogens is 322 g/mol. The van der Waals surface area contributed by atoms with Gasteiger partial charge in [0.15, 0.2) is 5.13 Å². The van der Waals surface area contributed by atoms with E-state index in [1.54, 1.807) is 17.5 Å². The molecule has 4 rings (SSSR count). The highest BCUT2D eigenvalue weighted by molar-refractivity contribution is 7.13. The standard InChI is InChI=1S/C17H23N5OS/c23-16(14-12-24-17(20-14)21-8-2-1-3-9-21)22-10-4-5-13(11-22)15-18-6-7-19-15/h6-7,12-13H,1-5,8-11H2,(H,18,19). The topological polar surface area (TPSA) is 65.1 Å². The summed E-state index contributed by atoms with van der Waals surface area (Å²) >= 11 is 1.60. The molecule has 24 heavy (non-hydrogen) atoms. The SMILES string of the molecule is O=C(c1csc(N2CCCCC2)n1)N1CCCC(c2ncc[nH]2)C1. The number of carbonyl (C=O) groups is 1. The molecule has 2 fully saturated rings. The highest BCUT2D eigenvalue weighted by Crippen LogP contribution is 2.28. The van der Waals surface area contributed by atoms with Crippen molar-refractivity contribution in [3.05, 3.63) is 29.3 Å². The molecule has 2 aliphatic heterocycles. The Balaban J connectivity index is 1.44. The predicted octanol–water partition coefficient (Wildman–Crippen LogP) is 2.88. The van der Waals surface area contributed by atoms with Crippen molar-refractivity contribution in [2.75, 3.05) is 31.1 Å². The Bertz CT molecular complexity index is 677. The minimum Gasteiger partial charge on any atom is -0.348 e. The molecule has 7 heteroatoms. The quantitative estimate of drug-likeness (QED) is 0.929. The van der Waals surface area contributed by atoms with Crippen LogP contribution in [0.3, 0.4) is 0 Å². The Morgan fingerprint density at radius 3 is 2.88 bits per heavy atom. The first-order valence-corrected chi connectivity index (χ1v) is 9.68. The number of imidazole rings is 1. The van der Waals surface area contributed by atoms with Crippen molar-refractivity contribution < 1.29 is 4.79 Å². The number of hydrogen-bond acceptors (Lipinski definition) is 5. The third kappa shape index (κ3) is 3.17. The molecule has 0 aliphatic carbocycles. The zero-order chi connectivity index (χ0) is 16.4. The number of likely N-dealkylation sites (tertiary alicyclic amines) is 1. The van der Waals surface area contributed by atoms with Gasteiger partial charge in [-0.2, -0.15) is 0 Å². The van der Waals surface area contributed by atoms with Gasteiger partial charge in [0.25, 0.3) is 5.91 Å². The molecule has 1 amide bonds. The molecular formula is C17H23N5OS.